The summed E-state index contributed by atoms with van der Waals surface area (Å²) >= 11 is 0. The third-order valence-corrected chi connectivity index (χ3v) is 5.24. The zero-order valence-electron chi connectivity index (χ0n) is 20.5. The molecule has 0 atom stereocenters. The van der Waals surface area contributed by atoms with Crippen LogP contribution in [0.25, 0.3) is 11.1 Å². The molecule has 0 bridgehead atoms. The predicted octanol–water partition coefficient (Wildman–Crippen LogP) is 6.64. The van der Waals surface area contributed by atoms with Crippen molar-refractivity contribution >= 4 is 29.0 Å². The average molecular weight is 490 g/mol. The van der Waals surface area contributed by atoms with E-state index in [4.69, 9.17) is 9.47 Å². The van der Waals surface area contributed by atoms with Crippen molar-refractivity contribution in [1.29, 1.82) is 0 Å². The van der Waals surface area contributed by atoms with E-state index in [0.29, 0.717) is 29.1 Å². The summed E-state index contributed by atoms with van der Waals surface area (Å²) in [4.78, 5) is 25.2. The number of benzene rings is 3. The SMILES string of the molecule is C=C(C)C(=O)OCCN(C)c1ccc(N=Nc2ccc(-c3ccc(C(=O)OCC)c(F)c3)cc2)cc1. The number of ether oxygens (including phenoxy) is 2. The second-order valence-corrected chi connectivity index (χ2v) is 8.02. The number of halogens is 1. The van der Waals surface area contributed by atoms with Gasteiger partial charge in [-0.1, -0.05) is 24.8 Å². The molecule has 0 aromatic heterocycles. The highest BCUT2D eigenvalue weighted by Gasteiger charge is 2.13. The molecular weight excluding hydrogens is 461 g/mol. The van der Waals surface area contributed by atoms with E-state index in [2.05, 4.69) is 16.8 Å². The molecule has 0 fully saturated rings. The summed E-state index contributed by atoms with van der Waals surface area (Å²) in [5, 5.41) is 8.52. The van der Waals surface area contributed by atoms with E-state index in [9.17, 15) is 14.0 Å². The van der Waals surface area contributed by atoms with Gasteiger partial charge >= 0.3 is 11.9 Å². The maximum absolute atomic E-state index is 14.3. The monoisotopic (exact) mass is 489 g/mol. The number of carbonyl (C=O) groups excluding carboxylic acids is 2. The number of rotatable bonds is 10. The van der Waals surface area contributed by atoms with E-state index in [1.54, 1.807) is 32.0 Å². The lowest BCUT2D eigenvalue weighted by Crippen LogP contribution is -2.23. The summed E-state index contributed by atoms with van der Waals surface area (Å²) in [7, 11) is 1.91. The van der Waals surface area contributed by atoms with Crippen molar-refractivity contribution in [2.45, 2.75) is 13.8 Å². The van der Waals surface area contributed by atoms with Crippen molar-refractivity contribution in [2.75, 3.05) is 31.7 Å². The van der Waals surface area contributed by atoms with Gasteiger partial charge in [0.15, 0.2) is 0 Å². The molecule has 0 unspecified atom stereocenters. The van der Waals surface area contributed by atoms with Gasteiger partial charge in [0.1, 0.15) is 12.4 Å². The van der Waals surface area contributed by atoms with Crippen LogP contribution in [0.4, 0.5) is 21.5 Å². The molecule has 3 rings (SSSR count). The number of nitrogens with zero attached hydrogens (tertiary/aromatic N) is 3. The van der Waals surface area contributed by atoms with Crippen molar-refractivity contribution in [3.8, 4) is 11.1 Å². The summed E-state index contributed by atoms with van der Waals surface area (Å²) in [6.45, 7) is 7.84. The largest absolute Gasteiger partial charge is 0.462 e. The maximum Gasteiger partial charge on any atom is 0.341 e. The number of carbonyl (C=O) groups is 2. The van der Waals surface area contributed by atoms with Crippen LogP contribution in [0, 0.1) is 5.82 Å². The molecule has 0 amide bonds. The van der Waals surface area contributed by atoms with Crippen LogP contribution in [0.1, 0.15) is 24.2 Å². The van der Waals surface area contributed by atoms with Crippen LogP contribution in [0.5, 0.6) is 0 Å². The van der Waals surface area contributed by atoms with Gasteiger partial charge < -0.3 is 14.4 Å². The fraction of sp³-hybridized carbons (Fsp3) is 0.214. The molecule has 3 aromatic rings. The van der Waals surface area contributed by atoms with Crippen molar-refractivity contribution in [3.05, 3.63) is 90.3 Å². The van der Waals surface area contributed by atoms with Crippen molar-refractivity contribution in [1.82, 2.24) is 0 Å². The number of likely N-dealkylation sites (N-methyl/N-ethyl adjacent to an activating group) is 1. The number of hydrogen-bond acceptors (Lipinski definition) is 7. The summed E-state index contributed by atoms with van der Waals surface area (Å²) < 4.78 is 24.3. The molecule has 186 valence electrons. The number of anilines is 1. The van der Waals surface area contributed by atoms with E-state index in [1.165, 1.54) is 12.1 Å². The molecule has 36 heavy (non-hydrogen) atoms. The van der Waals surface area contributed by atoms with Gasteiger partial charge in [0.05, 0.1) is 30.1 Å². The smallest absolute Gasteiger partial charge is 0.341 e. The van der Waals surface area contributed by atoms with Crippen LogP contribution < -0.4 is 4.90 Å². The topological polar surface area (TPSA) is 80.6 Å². The summed E-state index contributed by atoms with van der Waals surface area (Å²) in [6.07, 6.45) is 0. The van der Waals surface area contributed by atoms with Crippen molar-refractivity contribution in [2.24, 2.45) is 10.2 Å². The van der Waals surface area contributed by atoms with Gasteiger partial charge in [-0.05, 0) is 73.5 Å². The number of hydrogen-bond donors (Lipinski definition) is 0. The lowest BCUT2D eigenvalue weighted by atomic mass is 10.0. The zero-order valence-corrected chi connectivity index (χ0v) is 20.5. The van der Waals surface area contributed by atoms with Crippen LogP contribution in [0.3, 0.4) is 0 Å². The molecule has 0 spiro atoms. The van der Waals surface area contributed by atoms with Gasteiger partial charge in [-0.3, -0.25) is 0 Å². The Morgan fingerprint density at radius 1 is 0.917 bits per heavy atom. The number of esters is 2. The second kappa shape index (κ2) is 12.4. The van der Waals surface area contributed by atoms with Gasteiger partial charge in [0, 0.05) is 18.3 Å². The quantitative estimate of drug-likeness (QED) is 0.181. The minimum absolute atomic E-state index is 0.0885. The van der Waals surface area contributed by atoms with Crippen LogP contribution in [-0.2, 0) is 14.3 Å². The third-order valence-electron chi connectivity index (χ3n) is 5.24. The Labute approximate surface area is 209 Å². The highest BCUT2D eigenvalue weighted by molar-refractivity contribution is 5.90. The molecule has 0 saturated heterocycles. The van der Waals surface area contributed by atoms with Gasteiger partial charge in [0.25, 0.3) is 0 Å². The molecule has 0 saturated carbocycles. The van der Waals surface area contributed by atoms with Crippen LogP contribution in [-0.4, -0.2) is 38.7 Å². The summed E-state index contributed by atoms with van der Waals surface area (Å²) in [6, 6.07) is 19.1. The Balaban J connectivity index is 1.59. The first-order valence-electron chi connectivity index (χ1n) is 11.4. The highest BCUT2D eigenvalue weighted by Crippen LogP contribution is 2.26. The molecule has 0 radical (unpaired) electrons. The minimum Gasteiger partial charge on any atom is -0.462 e. The van der Waals surface area contributed by atoms with Gasteiger partial charge in [-0.15, -0.1) is 0 Å². The standard InChI is InChI=1S/C28H28FN3O4/c1-5-35-28(34)25-15-8-21(18-26(25)29)20-6-9-22(10-7-20)30-31-23-11-13-24(14-12-23)32(4)16-17-36-27(33)19(2)3/h6-15,18H,2,5,16-17H2,1,3-4H3. The average Bonchev–Trinajstić information content (AvgIpc) is 2.88. The maximum atomic E-state index is 14.3. The van der Waals surface area contributed by atoms with E-state index in [1.807, 2.05) is 48.3 Å². The molecule has 7 nitrogen and oxygen atoms in total. The molecule has 0 aliphatic heterocycles. The van der Waals surface area contributed by atoms with Gasteiger partial charge in [-0.2, -0.15) is 10.2 Å². The molecule has 0 aliphatic rings. The Kier molecular flexibility index (Phi) is 9.05. The Hall–Kier alpha value is -4.33. The summed E-state index contributed by atoms with van der Waals surface area (Å²) in [5.41, 5.74) is 3.98. The fourth-order valence-electron chi connectivity index (χ4n) is 3.21. The molecule has 3 aromatic carbocycles. The first kappa shape index (κ1) is 26.3. The lowest BCUT2D eigenvalue weighted by molar-refractivity contribution is -0.138. The normalized spacial score (nSPS) is 10.8. The Morgan fingerprint density at radius 2 is 1.50 bits per heavy atom. The van der Waals surface area contributed by atoms with Gasteiger partial charge in [0.2, 0.25) is 0 Å². The van der Waals surface area contributed by atoms with Crippen LogP contribution in [0.2, 0.25) is 0 Å². The highest BCUT2D eigenvalue weighted by atomic mass is 19.1. The first-order chi connectivity index (χ1) is 17.3. The van der Waals surface area contributed by atoms with E-state index in [-0.39, 0.29) is 18.8 Å². The summed E-state index contributed by atoms with van der Waals surface area (Å²) in [5.74, 6) is -1.70. The predicted molar refractivity (Wildman–Crippen MR) is 137 cm³/mol. The first-order valence-corrected chi connectivity index (χ1v) is 11.4. The Bertz CT molecular complexity index is 1250. The molecular formula is C28H28FN3O4. The molecule has 0 aliphatic carbocycles. The fourth-order valence-corrected chi connectivity index (χ4v) is 3.21. The van der Waals surface area contributed by atoms with Crippen LogP contribution in [0.15, 0.2) is 89.1 Å². The zero-order chi connectivity index (χ0) is 26.1. The van der Waals surface area contributed by atoms with E-state index in [0.717, 1.165) is 11.3 Å². The van der Waals surface area contributed by atoms with E-state index >= 15 is 0 Å². The molecule has 0 heterocycles. The van der Waals surface area contributed by atoms with Gasteiger partial charge in [-0.25, -0.2) is 14.0 Å². The Morgan fingerprint density at radius 3 is 2.06 bits per heavy atom. The third kappa shape index (κ3) is 7.09. The van der Waals surface area contributed by atoms with Crippen molar-refractivity contribution < 1.29 is 23.5 Å². The van der Waals surface area contributed by atoms with Crippen LogP contribution >= 0.6 is 0 Å². The lowest BCUT2D eigenvalue weighted by Gasteiger charge is -2.19. The number of azo groups is 1. The molecule has 8 heteroatoms. The van der Waals surface area contributed by atoms with E-state index < -0.39 is 17.8 Å². The minimum atomic E-state index is -0.680. The van der Waals surface area contributed by atoms with Crippen molar-refractivity contribution in [3.63, 3.8) is 0 Å². The molecule has 0 N–H and O–H groups in total. The second-order valence-electron chi connectivity index (χ2n) is 8.02.